The Morgan fingerprint density at radius 2 is 1.71 bits per heavy atom. The first kappa shape index (κ1) is 25.7. The number of hydrogen-bond donors (Lipinski definition) is 3. The van der Waals surface area contributed by atoms with Crippen molar-refractivity contribution in [1.29, 1.82) is 0 Å². The molecule has 1 aliphatic carbocycles. The Balaban J connectivity index is 1.29. The van der Waals surface area contributed by atoms with Gasteiger partial charge in [0, 0.05) is 18.3 Å². The number of benzene rings is 2. The van der Waals surface area contributed by atoms with Gasteiger partial charge in [-0.2, -0.15) is 0 Å². The van der Waals surface area contributed by atoms with Gasteiger partial charge in [0.2, 0.25) is 5.91 Å². The lowest BCUT2D eigenvalue weighted by atomic mass is 9.81. The van der Waals surface area contributed by atoms with Gasteiger partial charge >= 0.3 is 0 Å². The third kappa shape index (κ3) is 6.66. The van der Waals surface area contributed by atoms with Gasteiger partial charge in [-0.1, -0.05) is 42.5 Å². The average molecular weight is 510 g/mol. The predicted octanol–water partition coefficient (Wildman–Crippen LogP) is 5.22. The molecule has 0 radical (unpaired) electrons. The van der Waals surface area contributed by atoms with Crippen LogP contribution < -0.4 is 15.8 Å². The van der Waals surface area contributed by atoms with Crippen LogP contribution in [0.25, 0.3) is 11.3 Å². The second-order valence-corrected chi connectivity index (χ2v) is 10.1. The van der Waals surface area contributed by atoms with Crippen LogP contribution in [0.2, 0.25) is 0 Å². The Morgan fingerprint density at radius 1 is 0.974 bits per heavy atom. The van der Waals surface area contributed by atoms with Gasteiger partial charge in [0.25, 0.3) is 0 Å². The molecule has 196 valence electrons. The zero-order valence-corrected chi connectivity index (χ0v) is 21.6. The molecular formula is C31H35N5O2. The number of ether oxygens (including phenoxy) is 1. The molecular weight excluding hydrogens is 474 g/mol. The van der Waals surface area contributed by atoms with E-state index in [1.165, 1.54) is 0 Å². The van der Waals surface area contributed by atoms with E-state index in [0.29, 0.717) is 25.5 Å². The summed E-state index contributed by atoms with van der Waals surface area (Å²) in [5, 5.41) is 3.31. The number of pyridine rings is 1. The number of rotatable bonds is 10. The van der Waals surface area contributed by atoms with Crippen molar-refractivity contribution in [3.63, 3.8) is 0 Å². The van der Waals surface area contributed by atoms with Gasteiger partial charge in [0.05, 0.1) is 17.9 Å². The summed E-state index contributed by atoms with van der Waals surface area (Å²) in [6.45, 7) is 1.19. The number of H-pyrrole nitrogens is 1. The maximum absolute atomic E-state index is 13.3. The van der Waals surface area contributed by atoms with Gasteiger partial charge in [-0.25, -0.2) is 4.98 Å². The van der Waals surface area contributed by atoms with E-state index in [2.05, 4.69) is 32.4 Å². The highest BCUT2D eigenvalue weighted by Crippen LogP contribution is 2.29. The maximum Gasteiger partial charge on any atom is 0.223 e. The highest BCUT2D eigenvalue weighted by atomic mass is 16.5. The fourth-order valence-electron chi connectivity index (χ4n) is 5.05. The number of nitrogens with zero attached hydrogens (tertiary/aromatic N) is 2. The molecule has 38 heavy (non-hydrogen) atoms. The minimum atomic E-state index is -0.268. The quantitative estimate of drug-likeness (QED) is 0.272. The van der Waals surface area contributed by atoms with Crippen molar-refractivity contribution in [3.05, 3.63) is 102 Å². The van der Waals surface area contributed by atoms with Crippen LogP contribution in [0.1, 0.15) is 48.7 Å². The zero-order chi connectivity index (χ0) is 26.2. The van der Waals surface area contributed by atoms with Crippen LogP contribution >= 0.6 is 0 Å². The van der Waals surface area contributed by atoms with E-state index < -0.39 is 0 Å². The van der Waals surface area contributed by atoms with Gasteiger partial charge in [0.15, 0.2) is 0 Å². The first-order chi connectivity index (χ1) is 18.7. The number of carbonyl (C=O) groups excluding carboxylic acids is 1. The van der Waals surface area contributed by atoms with Gasteiger partial charge in [-0.3, -0.25) is 9.78 Å². The monoisotopic (exact) mass is 509 g/mol. The second kappa shape index (κ2) is 12.5. The van der Waals surface area contributed by atoms with E-state index in [9.17, 15) is 4.79 Å². The molecule has 1 fully saturated rings. The number of amides is 1. The van der Waals surface area contributed by atoms with Crippen LogP contribution in [-0.2, 0) is 17.8 Å². The van der Waals surface area contributed by atoms with E-state index in [-0.39, 0.29) is 17.9 Å². The molecule has 1 aliphatic rings. The Morgan fingerprint density at radius 3 is 2.42 bits per heavy atom. The van der Waals surface area contributed by atoms with E-state index in [4.69, 9.17) is 10.5 Å². The molecule has 0 saturated heterocycles. The minimum absolute atomic E-state index is 0.0211. The highest BCUT2D eigenvalue weighted by molar-refractivity contribution is 5.79. The van der Waals surface area contributed by atoms with Crippen LogP contribution in [0.3, 0.4) is 0 Å². The lowest BCUT2D eigenvalue weighted by Crippen LogP contribution is -2.37. The van der Waals surface area contributed by atoms with E-state index in [1.807, 2.05) is 60.8 Å². The van der Waals surface area contributed by atoms with Crippen LogP contribution in [0.4, 0.5) is 0 Å². The van der Waals surface area contributed by atoms with Crippen LogP contribution in [0.15, 0.2) is 85.3 Å². The van der Waals surface area contributed by atoms with Crippen LogP contribution in [0.5, 0.6) is 5.75 Å². The third-order valence-electron chi connectivity index (χ3n) is 7.40. The summed E-state index contributed by atoms with van der Waals surface area (Å²) in [7, 11) is 0. The molecule has 7 nitrogen and oxygen atoms in total. The molecule has 7 heteroatoms. The Hall–Kier alpha value is -3.97. The van der Waals surface area contributed by atoms with Gasteiger partial charge in [-0.15, -0.1) is 0 Å². The molecule has 0 spiro atoms. The largest absolute Gasteiger partial charge is 0.489 e. The molecule has 1 atom stereocenters. The molecule has 0 unspecified atom stereocenters. The summed E-state index contributed by atoms with van der Waals surface area (Å²) >= 11 is 0. The van der Waals surface area contributed by atoms with Crippen molar-refractivity contribution in [3.8, 4) is 17.0 Å². The van der Waals surface area contributed by atoms with Crippen molar-refractivity contribution in [1.82, 2.24) is 20.3 Å². The molecule has 2 aromatic carbocycles. The second-order valence-electron chi connectivity index (χ2n) is 10.1. The first-order valence-electron chi connectivity index (χ1n) is 13.4. The van der Waals surface area contributed by atoms with Crippen molar-refractivity contribution in [2.24, 2.45) is 17.6 Å². The highest BCUT2D eigenvalue weighted by Gasteiger charge is 2.28. The number of hydrogen-bond acceptors (Lipinski definition) is 5. The summed E-state index contributed by atoms with van der Waals surface area (Å²) < 4.78 is 5.93. The fraction of sp³-hybridized carbons (Fsp3) is 0.323. The van der Waals surface area contributed by atoms with E-state index in [0.717, 1.165) is 59.6 Å². The topological polar surface area (TPSA) is 106 Å². The lowest BCUT2D eigenvalue weighted by Gasteiger charge is -2.28. The normalized spacial score (nSPS) is 18.0. The van der Waals surface area contributed by atoms with Gasteiger partial charge < -0.3 is 20.8 Å². The number of aromatic amines is 1. The Labute approximate surface area is 223 Å². The zero-order valence-electron chi connectivity index (χ0n) is 21.6. The predicted molar refractivity (Wildman–Crippen MR) is 148 cm³/mol. The summed E-state index contributed by atoms with van der Waals surface area (Å²) in [5.74, 6) is 2.21. The van der Waals surface area contributed by atoms with E-state index >= 15 is 0 Å². The van der Waals surface area contributed by atoms with Crippen molar-refractivity contribution < 1.29 is 9.53 Å². The summed E-state index contributed by atoms with van der Waals surface area (Å²) in [6, 6.07) is 21.8. The standard InChI is InChI=1S/C31H35N5O2/c32-19-23-6-10-26(11-7-23)31(37)36-28(30-34-20-29(35-30)25-4-2-1-3-5-25)18-22-8-12-27(13-9-22)38-21-24-14-16-33-17-15-24/h1-5,8-9,12-17,20,23,26,28H,6-7,10-11,18-19,21,32H2,(H,34,35)(H,36,37)/t23?,26?,28-/m0/s1. The Kier molecular flexibility index (Phi) is 8.46. The number of carbonyl (C=O) groups is 1. The molecule has 1 saturated carbocycles. The smallest absolute Gasteiger partial charge is 0.223 e. The summed E-state index contributed by atoms with van der Waals surface area (Å²) in [4.78, 5) is 25.5. The number of aromatic nitrogens is 3. The van der Waals surface area contributed by atoms with Gasteiger partial charge in [-0.05, 0) is 85.5 Å². The minimum Gasteiger partial charge on any atom is -0.489 e. The Bertz CT molecular complexity index is 1280. The van der Waals surface area contributed by atoms with E-state index in [1.54, 1.807) is 12.4 Å². The molecule has 2 heterocycles. The molecule has 5 rings (SSSR count). The molecule has 1 amide bonds. The maximum atomic E-state index is 13.3. The molecule has 4 aromatic rings. The average Bonchev–Trinajstić information content (AvgIpc) is 3.48. The van der Waals surface area contributed by atoms with Gasteiger partial charge in [0.1, 0.15) is 18.2 Å². The summed E-state index contributed by atoms with van der Waals surface area (Å²) in [6.07, 6.45) is 9.78. The number of nitrogens with one attached hydrogen (secondary N) is 2. The molecule has 0 bridgehead atoms. The number of imidazole rings is 1. The first-order valence-corrected chi connectivity index (χ1v) is 13.4. The number of nitrogens with two attached hydrogens (primary N) is 1. The SMILES string of the molecule is NCC1CCC(C(=O)N[C@@H](Cc2ccc(OCc3ccncc3)cc2)c2ncc(-c3ccccc3)[nH]2)CC1. The molecule has 4 N–H and O–H groups in total. The van der Waals surface area contributed by atoms with Crippen molar-refractivity contribution in [2.75, 3.05) is 6.54 Å². The fourth-order valence-corrected chi connectivity index (χ4v) is 5.05. The third-order valence-corrected chi connectivity index (χ3v) is 7.40. The molecule has 0 aliphatic heterocycles. The van der Waals surface area contributed by atoms with Crippen LogP contribution in [-0.4, -0.2) is 27.4 Å². The van der Waals surface area contributed by atoms with Crippen molar-refractivity contribution in [2.45, 2.75) is 44.8 Å². The molecule has 2 aromatic heterocycles. The summed E-state index contributed by atoms with van der Waals surface area (Å²) in [5.41, 5.74) is 10.0. The van der Waals surface area contributed by atoms with Crippen LogP contribution in [0, 0.1) is 11.8 Å². The van der Waals surface area contributed by atoms with Crippen molar-refractivity contribution >= 4 is 5.91 Å². The lowest BCUT2D eigenvalue weighted by molar-refractivity contribution is -0.127.